The molecule has 0 aromatic heterocycles. The van der Waals surface area contributed by atoms with E-state index in [-0.39, 0.29) is 17.6 Å². The van der Waals surface area contributed by atoms with Gasteiger partial charge in [-0.25, -0.2) is 0 Å². The van der Waals surface area contributed by atoms with Crippen LogP contribution in [0, 0.1) is 0 Å². The first-order valence-electron chi connectivity index (χ1n) is 5.89. The quantitative estimate of drug-likeness (QED) is 0.628. The summed E-state index contributed by atoms with van der Waals surface area (Å²) in [5, 5.41) is 3.95. The second-order valence-corrected chi connectivity index (χ2v) is 4.58. The molecule has 0 aromatic rings. The topological polar surface area (TPSA) is 40.6 Å². The molecule has 2 heterocycles. The first kappa shape index (κ1) is 9.65. The number of rotatable bonds is 0. The average Bonchev–Trinajstić information content (AvgIpc) is 2.91. The number of hydrazine groups is 1. The van der Waals surface area contributed by atoms with Gasteiger partial charge in [-0.05, 0) is 18.2 Å². The smallest absolute Gasteiger partial charge is 0.204 e. The van der Waals surface area contributed by atoms with Gasteiger partial charge >= 0.3 is 0 Å². The SMILES string of the molecule is O=C1C=CC(=O)C2=C3C1=CC=CC3N1C=CCN21. The predicted molar refractivity (Wildman–Crippen MR) is 64.9 cm³/mol. The molecular weight excluding hydrogens is 228 g/mol. The van der Waals surface area contributed by atoms with E-state index in [0.29, 0.717) is 17.8 Å². The monoisotopic (exact) mass is 238 g/mol. The molecule has 0 radical (unpaired) electrons. The standard InChI is InChI=1S/C14H10N2O2/c17-11-5-6-12(18)14-13-9(11)3-1-4-10(13)15-7-2-8-16(14)15/h1-7,10H,8H2. The van der Waals surface area contributed by atoms with E-state index in [2.05, 4.69) is 0 Å². The Morgan fingerprint density at radius 1 is 1.17 bits per heavy atom. The van der Waals surface area contributed by atoms with Crippen molar-refractivity contribution in [2.75, 3.05) is 6.54 Å². The van der Waals surface area contributed by atoms with Crippen LogP contribution in [0.2, 0.25) is 0 Å². The Hall–Kier alpha value is -2.36. The lowest BCUT2D eigenvalue weighted by Crippen LogP contribution is -2.36. The van der Waals surface area contributed by atoms with Gasteiger partial charge in [-0.1, -0.05) is 18.2 Å². The van der Waals surface area contributed by atoms with Gasteiger partial charge in [0.25, 0.3) is 0 Å². The molecule has 0 saturated heterocycles. The maximum absolute atomic E-state index is 12.2. The summed E-state index contributed by atoms with van der Waals surface area (Å²) in [7, 11) is 0. The van der Waals surface area contributed by atoms with Crippen molar-refractivity contribution in [3.63, 3.8) is 0 Å². The number of hydrogen-bond acceptors (Lipinski definition) is 4. The zero-order valence-corrected chi connectivity index (χ0v) is 9.54. The van der Waals surface area contributed by atoms with Gasteiger partial charge in [-0.3, -0.25) is 19.6 Å². The van der Waals surface area contributed by atoms with Gasteiger partial charge in [0.15, 0.2) is 5.78 Å². The maximum Gasteiger partial charge on any atom is 0.204 e. The summed E-state index contributed by atoms with van der Waals surface area (Å²) in [6.45, 7) is 0.685. The summed E-state index contributed by atoms with van der Waals surface area (Å²) >= 11 is 0. The van der Waals surface area contributed by atoms with Crippen molar-refractivity contribution in [2.24, 2.45) is 0 Å². The van der Waals surface area contributed by atoms with Gasteiger partial charge in [0, 0.05) is 17.3 Å². The molecular formula is C14H10N2O2. The Bertz CT molecular complexity index is 634. The van der Waals surface area contributed by atoms with Crippen LogP contribution < -0.4 is 0 Å². The van der Waals surface area contributed by atoms with Crippen LogP contribution in [-0.2, 0) is 9.59 Å². The molecule has 1 atom stereocenters. The van der Waals surface area contributed by atoms with Gasteiger partial charge in [0.05, 0.1) is 12.6 Å². The molecule has 4 rings (SSSR count). The second kappa shape index (κ2) is 3.10. The largest absolute Gasteiger partial charge is 0.289 e. The predicted octanol–water partition coefficient (Wildman–Crippen LogP) is 0.873. The lowest BCUT2D eigenvalue weighted by molar-refractivity contribution is -0.114. The van der Waals surface area contributed by atoms with Gasteiger partial charge in [0.2, 0.25) is 5.78 Å². The van der Waals surface area contributed by atoms with Crippen molar-refractivity contribution in [1.82, 2.24) is 10.0 Å². The third kappa shape index (κ3) is 1.00. The zero-order valence-electron chi connectivity index (χ0n) is 9.54. The summed E-state index contributed by atoms with van der Waals surface area (Å²) < 4.78 is 0. The fourth-order valence-electron chi connectivity index (χ4n) is 2.90. The summed E-state index contributed by atoms with van der Waals surface area (Å²) in [5.74, 6) is -0.178. The molecule has 0 fully saturated rings. The van der Waals surface area contributed by atoms with Crippen LogP contribution >= 0.6 is 0 Å². The zero-order chi connectivity index (χ0) is 12.3. The van der Waals surface area contributed by atoms with Gasteiger partial charge in [-0.15, -0.1) is 0 Å². The summed E-state index contributed by atoms with van der Waals surface area (Å²) in [6, 6.07) is -0.0217. The number of carbonyl (C=O) groups excluding carboxylic acids is 2. The highest BCUT2D eigenvalue weighted by molar-refractivity contribution is 6.18. The average molecular weight is 238 g/mol. The Morgan fingerprint density at radius 2 is 2.00 bits per heavy atom. The fourth-order valence-corrected chi connectivity index (χ4v) is 2.90. The van der Waals surface area contributed by atoms with Crippen molar-refractivity contribution in [3.8, 4) is 0 Å². The molecule has 0 spiro atoms. The molecule has 0 N–H and O–H groups in total. The van der Waals surface area contributed by atoms with Crippen LogP contribution in [0.3, 0.4) is 0 Å². The molecule has 0 bridgehead atoms. The van der Waals surface area contributed by atoms with E-state index in [1.54, 1.807) is 6.08 Å². The number of carbonyl (C=O) groups is 2. The van der Waals surface area contributed by atoms with Crippen molar-refractivity contribution >= 4 is 11.6 Å². The van der Waals surface area contributed by atoms with E-state index >= 15 is 0 Å². The lowest BCUT2D eigenvalue weighted by Gasteiger charge is -2.28. The molecule has 0 saturated carbocycles. The summed E-state index contributed by atoms with van der Waals surface area (Å²) in [6.07, 6.45) is 12.4. The number of allylic oxidation sites excluding steroid dienone is 4. The maximum atomic E-state index is 12.2. The van der Waals surface area contributed by atoms with E-state index in [0.717, 1.165) is 5.57 Å². The fraction of sp³-hybridized carbons (Fsp3) is 0.143. The Labute approximate surface area is 104 Å². The Balaban J connectivity index is 1.99. The molecule has 0 amide bonds. The number of nitrogens with zero attached hydrogens (tertiary/aromatic N) is 2. The minimum Gasteiger partial charge on any atom is -0.289 e. The van der Waals surface area contributed by atoms with Crippen LogP contribution in [-0.4, -0.2) is 34.2 Å². The first-order valence-corrected chi connectivity index (χ1v) is 5.89. The summed E-state index contributed by atoms with van der Waals surface area (Å²) in [4.78, 5) is 24.2. The Morgan fingerprint density at radius 3 is 2.89 bits per heavy atom. The van der Waals surface area contributed by atoms with Crippen molar-refractivity contribution in [1.29, 1.82) is 0 Å². The highest BCUT2D eigenvalue weighted by Crippen LogP contribution is 2.40. The van der Waals surface area contributed by atoms with Crippen LogP contribution in [0.1, 0.15) is 0 Å². The third-order valence-corrected chi connectivity index (χ3v) is 3.64. The van der Waals surface area contributed by atoms with E-state index in [1.165, 1.54) is 12.2 Å². The van der Waals surface area contributed by atoms with Crippen molar-refractivity contribution in [3.05, 3.63) is 59.5 Å². The van der Waals surface area contributed by atoms with Crippen LogP contribution in [0.4, 0.5) is 0 Å². The normalized spacial score (nSPS) is 27.8. The van der Waals surface area contributed by atoms with Crippen LogP contribution in [0.25, 0.3) is 0 Å². The van der Waals surface area contributed by atoms with E-state index in [1.807, 2.05) is 34.4 Å². The van der Waals surface area contributed by atoms with Crippen LogP contribution in [0.15, 0.2) is 59.5 Å². The van der Waals surface area contributed by atoms with E-state index in [4.69, 9.17) is 0 Å². The molecule has 4 nitrogen and oxygen atoms in total. The second-order valence-electron chi connectivity index (χ2n) is 4.58. The number of ketones is 2. The Kier molecular flexibility index (Phi) is 1.66. The van der Waals surface area contributed by atoms with Gasteiger partial charge in [-0.2, -0.15) is 0 Å². The van der Waals surface area contributed by atoms with Crippen molar-refractivity contribution < 1.29 is 9.59 Å². The minimum absolute atomic E-state index is 0.0217. The van der Waals surface area contributed by atoms with Gasteiger partial charge < -0.3 is 0 Å². The first-order chi connectivity index (χ1) is 8.77. The van der Waals surface area contributed by atoms with Crippen molar-refractivity contribution in [2.45, 2.75) is 6.04 Å². The highest BCUT2D eigenvalue weighted by atomic mass is 16.1. The molecule has 4 heteroatoms. The van der Waals surface area contributed by atoms with Gasteiger partial charge in [0.1, 0.15) is 5.70 Å². The molecule has 2 aliphatic carbocycles. The van der Waals surface area contributed by atoms with E-state index < -0.39 is 0 Å². The third-order valence-electron chi connectivity index (χ3n) is 3.64. The highest BCUT2D eigenvalue weighted by Gasteiger charge is 2.43. The molecule has 2 aliphatic heterocycles. The molecule has 1 unspecified atom stereocenters. The number of hydrogen-bond donors (Lipinski definition) is 0. The minimum atomic E-state index is -0.0896. The summed E-state index contributed by atoms with van der Waals surface area (Å²) in [5.41, 5.74) is 2.13. The molecule has 0 aromatic carbocycles. The van der Waals surface area contributed by atoms with E-state index in [9.17, 15) is 9.59 Å². The molecule has 18 heavy (non-hydrogen) atoms. The molecule has 4 aliphatic rings. The lowest BCUT2D eigenvalue weighted by atomic mass is 9.90. The molecule has 88 valence electrons. The number of fused-ring (bicyclic) bond motifs is 3. The van der Waals surface area contributed by atoms with Crippen LogP contribution in [0.5, 0.6) is 0 Å².